The van der Waals surface area contributed by atoms with Crippen molar-refractivity contribution in [2.24, 2.45) is 5.10 Å². The van der Waals surface area contributed by atoms with Gasteiger partial charge in [0.1, 0.15) is 10.6 Å². The van der Waals surface area contributed by atoms with Crippen molar-refractivity contribution < 1.29 is 9.90 Å². The van der Waals surface area contributed by atoms with Crippen molar-refractivity contribution >= 4 is 44.9 Å². The number of fused-ring (bicyclic) bond motifs is 3. The maximum absolute atomic E-state index is 13.7. The van der Waals surface area contributed by atoms with E-state index in [1.807, 2.05) is 30.3 Å². The first-order chi connectivity index (χ1) is 17.0. The second-order valence-electron chi connectivity index (χ2n) is 8.33. The molecule has 2 aromatic carbocycles. The predicted molar refractivity (Wildman–Crippen MR) is 141 cm³/mol. The topological polar surface area (TPSA) is 96.6 Å². The van der Waals surface area contributed by atoms with Crippen LogP contribution in [0.4, 0.5) is 0 Å². The third kappa shape index (κ3) is 4.87. The van der Waals surface area contributed by atoms with Crippen molar-refractivity contribution in [3.8, 4) is 11.4 Å². The number of aromatic hydroxyl groups is 1. The summed E-state index contributed by atoms with van der Waals surface area (Å²) < 4.78 is 1.61. The molecule has 178 valence electrons. The molecule has 2 aromatic heterocycles. The fourth-order valence-electron chi connectivity index (χ4n) is 4.19. The minimum absolute atomic E-state index is 0.0483. The summed E-state index contributed by atoms with van der Waals surface area (Å²) in [6.07, 6.45) is 4.12. The number of hydrogen-bond donors (Lipinski definition) is 2. The van der Waals surface area contributed by atoms with Gasteiger partial charge in [0.05, 0.1) is 22.5 Å². The Hall–Kier alpha value is -3.43. The fraction of sp³-hybridized carbons (Fsp3) is 0.231. The molecule has 0 fully saturated rings. The zero-order valence-electron chi connectivity index (χ0n) is 19.2. The molecule has 0 saturated heterocycles. The number of aryl methyl sites for hydroxylation is 2. The number of carbonyl (C=O) groups is 1. The molecule has 9 heteroatoms. The summed E-state index contributed by atoms with van der Waals surface area (Å²) in [5.74, 6) is -0.129. The third-order valence-electron chi connectivity index (χ3n) is 5.92. The molecule has 0 saturated carbocycles. The molecule has 5 rings (SSSR count). The number of hydrazone groups is 1. The van der Waals surface area contributed by atoms with Crippen molar-refractivity contribution in [3.63, 3.8) is 0 Å². The number of hydrogen-bond acceptors (Lipinski definition) is 7. The van der Waals surface area contributed by atoms with Gasteiger partial charge >= 0.3 is 0 Å². The number of phenolic OH excluding ortho intramolecular Hbond substituents is 1. The number of thiophene rings is 1. The molecule has 0 aliphatic heterocycles. The monoisotopic (exact) mass is 504 g/mol. The molecule has 1 aliphatic carbocycles. The van der Waals surface area contributed by atoms with E-state index in [-0.39, 0.29) is 23.0 Å². The van der Waals surface area contributed by atoms with E-state index >= 15 is 0 Å². The van der Waals surface area contributed by atoms with E-state index in [0.29, 0.717) is 21.8 Å². The number of aromatic nitrogens is 2. The van der Waals surface area contributed by atoms with Crippen LogP contribution in [0.15, 0.2) is 69.6 Å². The molecule has 2 heterocycles. The highest BCUT2D eigenvalue weighted by Gasteiger charge is 2.23. The number of rotatable bonds is 6. The lowest BCUT2D eigenvalue weighted by molar-refractivity contribution is -0.118. The number of nitrogens with one attached hydrogen (secondary N) is 1. The summed E-state index contributed by atoms with van der Waals surface area (Å²) in [5, 5.41) is 15.0. The van der Waals surface area contributed by atoms with Crippen LogP contribution >= 0.6 is 23.1 Å². The highest BCUT2D eigenvalue weighted by molar-refractivity contribution is 7.99. The van der Waals surface area contributed by atoms with E-state index in [0.717, 1.165) is 41.8 Å². The first-order valence-corrected chi connectivity index (χ1v) is 13.2. The minimum atomic E-state index is -0.311. The van der Waals surface area contributed by atoms with Crippen molar-refractivity contribution in [1.29, 1.82) is 0 Å². The number of carbonyl (C=O) groups excluding carboxylic acids is 1. The number of nitrogens with zero attached hydrogens (tertiary/aromatic N) is 3. The van der Waals surface area contributed by atoms with Gasteiger partial charge in [-0.25, -0.2) is 10.4 Å². The zero-order valence-corrected chi connectivity index (χ0v) is 20.8. The molecule has 0 atom stereocenters. The van der Waals surface area contributed by atoms with Crippen LogP contribution in [0.1, 0.15) is 35.8 Å². The largest absolute Gasteiger partial charge is 0.508 e. The van der Waals surface area contributed by atoms with Crippen LogP contribution in [0.25, 0.3) is 15.9 Å². The first-order valence-electron chi connectivity index (χ1n) is 11.4. The van der Waals surface area contributed by atoms with E-state index in [4.69, 9.17) is 4.98 Å². The summed E-state index contributed by atoms with van der Waals surface area (Å²) in [4.78, 5) is 33.1. The summed E-state index contributed by atoms with van der Waals surface area (Å²) in [7, 11) is 0. The summed E-state index contributed by atoms with van der Waals surface area (Å²) in [6.45, 7) is 1.75. The lowest BCUT2D eigenvalue weighted by Crippen LogP contribution is -2.24. The Morgan fingerprint density at radius 2 is 1.97 bits per heavy atom. The van der Waals surface area contributed by atoms with Crippen molar-refractivity contribution in [3.05, 3.63) is 81.0 Å². The standard InChI is InChI=1S/C26H24N4O3S2/c1-16(17-8-7-11-19(31)14-17)28-29-22(32)15-34-26-27-24-23(20-12-5-6-13-21(20)35-24)25(33)30(26)18-9-3-2-4-10-18/h2-4,7-11,14,31H,5-6,12-13,15H2,1H3,(H,29,32)/b28-16-. The van der Waals surface area contributed by atoms with Gasteiger partial charge in [-0.1, -0.05) is 42.1 Å². The van der Waals surface area contributed by atoms with Crippen molar-refractivity contribution in [1.82, 2.24) is 15.0 Å². The van der Waals surface area contributed by atoms with Crippen LogP contribution in [-0.2, 0) is 17.6 Å². The van der Waals surface area contributed by atoms with Crippen LogP contribution in [0.2, 0.25) is 0 Å². The summed E-state index contributed by atoms with van der Waals surface area (Å²) >= 11 is 2.81. The van der Waals surface area contributed by atoms with E-state index in [2.05, 4.69) is 10.5 Å². The van der Waals surface area contributed by atoms with Crippen LogP contribution in [0, 0.1) is 0 Å². The zero-order chi connectivity index (χ0) is 24.4. The van der Waals surface area contributed by atoms with E-state index in [9.17, 15) is 14.7 Å². The van der Waals surface area contributed by atoms with Gasteiger partial charge in [0, 0.05) is 10.4 Å². The highest BCUT2D eigenvalue weighted by atomic mass is 32.2. The maximum Gasteiger partial charge on any atom is 0.267 e. The molecule has 4 aromatic rings. The average Bonchev–Trinajstić information content (AvgIpc) is 3.25. The SMILES string of the molecule is C/C(=N/NC(=O)CSc1nc2sc3c(c2c(=O)n1-c1ccccc1)CCCC3)c1cccc(O)c1. The summed E-state index contributed by atoms with van der Waals surface area (Å²) in [5.41, 5.74) is 5.63. The molecule has 1 amide bonds. The van der Waals surface area contributed by atoms with E-state index < -0.39 is 0 Å². The number of thioether (sulfide) groups is 1. The number of amides is 1. The molecule has 1 aliphatic rings. The first kappa shape index (κ1) is 23.3. The molecule has 2 N–H and O–H groups in total. The molecule has 0 spiro atoms. The lowest BCUT2D eigenvalue weighted by Gasteiger charge is -2.13. The normalized spacial score (nSPS) is 13.6. The number of phenols is 1. The van der Waals surface area contributed by atoms with Gasteiger partial charge in [-0.3, -0.25) is 14.2 Å². The van der Waals surface area contributed by atoms with Crippen LogP contribution < -0.4 is 11.0 Å². The second kappa shape index (κ2) is 10.1. The lowest BCUT2D eigenvalue weighted by atomic mass is 9.97. The molecule has 0 bridgehead atoms. The van der Waals surface area contributed by atoms with Gasteiger partial charge in [-0.2, -0.15) is 5.10 Å². The maximum atomic E-state index is 13.7. The Bertz CT molecular complexity index is 1490. The smallest absolute Gasteiger partial charge is 0.267 e. The molecular weight excluding hydrogens is 480 g/mol. The quantitative estimate of drug-likeness (QED) is 0.172. The van der Waals surface area contributed by atoms with Gasteiger partial charge in [0.15, 0.2) is 5.16 Å². The van der Waals surface area contributed by atoms with Crippen LogP contribution in [0.3, 0.4) is 0 Å². The Morgan fingerprint density at radius 1 is 1.17 bits per heavy atom. The molecule has 7 nitrogen and oxygen atoms in total. The number of para-hydroxylation sites is 1. The molecule has 0 radical (unpaired) electrons. The van der Waals surface area contributed by atoms with Gasteiger partial charge in [-0.15, -0.1) is 11.3 Å². The average molecular weight is 505 g/mol. The Morgan fingerprint density at radius 3 is 2.77 bits per heavy atom. The Balaban J connectivity index is 1.43. The Kier molecular flexibility index (Phi) is 6.70. The van der Waals surface area contributed by atoms with Gasteiger partial charge in [-0.05, 0) is 62.4 Å². The van der Waals surface area contributed by atoms with Gasteiger partial charge in [0.2, 0.25) is 0 Å². The predicted octanol–water partition coefficient (Wildman–Crippen LogP) is 4.66. The van der Waals surface area contributed by atoms with Crippen molar-refractivity contribution in [2.75, 3.05) is 5.75 Å². The highest BCUT2D eigenvalue weighted by Crippen LogP contribution is 2.35. The van der Waals surface area contributed by atoms with E-state index in [1.165, 1.54) is 16.6 Å². The molecule has 35 heavy (non-hydrogen) atoms. The summed E-state index contributed by atoms with van der Waals surface area (Å²) in [6, 6.07) is 16.1. The molecular formula is C26H24N4O3S2. The fourth-order valence-corrected chi connectivity index (χ4v) is 6.30. The van der Waals surface area contributed by atoms with Crippen LogP contribution in [0.5, 0.6) is 5.75 Å². The van der Waals surface area contributed by atoms with Crippen molar-refractivity contribution in [2.45, 2.75) is 37.8 Å². The Labute approximate surface area is 210 Å². The van der Waals surface area contributed by atoms with E-state index in [1.54, 1.807) is 47.1 Å². The third-order valence-corrected chi connectivity index (χ3v) is 8.04. The van der Waals surface area contributed by atoms with Crippen LogP contribution in [-0.4, -0.2) is 32.0 Å². The second-order valence-corrected chi connectivity index (χ2v) is 10.4. The minimum Gasteiger partial charge on any atom is -0.508 e. The van der Waals surface area contributed by atoms with Gasteiger partial charge in [0.25, 0.3) is 11.5 Å². The van der Waals surface area contributed by atoms with Gasteiger partial charge < -0.3 is 5.11 Å². The number of benzene rings is 2. The molecule has 0 unspecified atom stereocenters.